The minimum absolute atomic E-state index is 0.138. The molecule has 3 N–H and O–H groups in total. The van der Waals surface area contributed by atoms with E-state index in [1.165, 1.54) is 0 Å². The molecule has 2 heterocycles. The monoisotopic (exact) mass is 481 g/mol. The number of piperidine rings is 1. The van der Waals surface area contributed by atoms with Gasteiger partial charge in [0.25, 0.3) is 5.91 Å². The Kier molecular flexibility index (Phi) is 7.26. The molecule has 0 spiro atoms. The van der Waals surface area contributed by atoms with Crippen molar-refractivity contribution >= 4 is 34.5 Å². The van der Waals surface area contributed by atoms with Crippen molar-refractivity contribution < 1.29 is 9.59 Å². The van der Waals surface area contributed by atoms with Gasteiger partial charge in [-0.3, -0.25) is 9.59 Å². The van der Waals surface area contributed by atoms with E-state index in [9.17, 15) is 9.59 Å². The summed E-state index contributed by atoms with van der Waals surface area (Å²) in [5.74, 6) is -0.341. The van der Waals surface area contributed by atoms with Crippen LogP contribution < -0.4 is 5.73 Å². The number of aromatic amines is 1. The van der Waals surface area contributed by atoms with Crippen molar-refractivity contribution in [1.82, 2.24) is 19.4 Å². The van der Waals surface area contributed by atoms with Crippen LogP contribution in [0.1, 0.15) is 24.0 Å². The molecular weight excluding hydrogens is 450 g/mol. The van der Waals surface area contributed by atoms with Crippen molar-refractivity contribution in [1.29, 1.82) is 0 Å². The number of H-pyrrole nitrogens is 1. The van der Waals surface area contributed by atoms with Gasteiger partial charge in [0.1, 0.15) is 0 Å². The molecule has 1 aliphatic heterocycles. The van der Waals surface area contributed by atoms with Crippen LogP contribution in [0, 0.1) is 5.41 Å². The van der Waals surface area contributed by atoms with E-state index in [-0.39, 0.29) is 18.4 Å². The Hall–Kier alpha value is -2.87. The number of nitrogens with two attached hydrogens (primary N) is 1. The van der Waals surface area contributed by atoms with Crippen LogP contribution in [0.15, 0.2) is 60.8 Å². The van der Waals surface area contributed by atoms with Gasteiger partial charge < -0.3 is 15.6 Å². The minimum atomic E-state index is -0.818. The van der Waals surface area contributed by atoms with Gasteiger partial charge in [-0.2, -0.15) is 4.53 Å². The molecule has 0 aliphatic carbocycles. The summed E-state index contributed by atoms with van der Waals surface area (Å²) in [5, 5.41) is 2.63. The minimum Gasteiger partial charge on any atom is -0.361 e. The molecule has 0 unspecified atom stereocenters. The molecule has 4 rings (SSSR count). The van der Waals surface area contributed by atoms with Gasteiger partial charge in [-0.15, -0.1) is 0 Å². The number of hydrogen-bond donors (Lipinski definition) is 2. The van der Waals surface area contributed by atoms with E-state index in [4.69, 9.17) is 17.5 Å². The van der Waals surface area contributed by atoms with Gasteiger partial charge in [0.15, 0.2) is 0 Å². The lowest BCUT2D eigenvalue weighted by molar-refractivity contribution is -0.152. The van der Waals surface area contributed by atoms with Crippen LogP contribution in [0.5, 0.6) is 0 Å². The molecule has 0 radical (unpaired) electrons. The predicted octanol–water partition coefficient (Wildman–Crippen LogP) is 3.35. The Morgan fingerprint density at radius 1 is 1.15 bits per heavy atom. The number of benzene rings is 2. The summed E-state index contributed by atoms with van der Waals surface area (Å²) in [5.41, 5.74) is 8.68. The summed E-state index contributed by atoms with van der Waals surface area (Å²) in [6.45, 7) is 0.868. The molecule has 1 aliphatic rings. The van der Waals surface area contributed by atoms with Crippen molar-refractivity contribution in [3.63, 3.8) is 0 Å². The van der Waals surface area contributed by atoms with Crippen molar-refractivity contribution in [2.24, 2.45) is 11.1 Å². The molecule has 34 heavy (non-hydrogen) atoms. The number of nitrogens with zero attached hydrogens (tertiary/aromatic N) is 3. The number of hydrazine groups is 1. The fourth-order valence-corrected chi connectivity index (χ4v) is 5.12. The SMILES string of the molecule is CN(C)N(Cl)C(=O)[C@]1(Cc2ccccc2)CCCN(C(=O)[C@H](N)Cc2c[nH]c3ccccc23)C1. The first-order chi connectivity index (χ1) is 16.3. The Morgan fingerprint density at radius 3 is 2.59 bits per heavy atom. The average Bonchev–Trinajstić information content (AvgIpc) is 3.26. The van der Waals surface area contributed by atoms with Crippen molar-refractivity contribution in [2.75, 3.05) is 27.2 Å². The van der Waals surface area contributed by atoms with Crippen molar-refractivity contribution in [2.45, 2.75) is 31.7 Å². The van der Waals surface area contributed by atoms with E-state index >= 15 is 0 Å². The second-order valence-corrected chi connectivity index (χ2v) is 9.71. The van der Waals surface area contributed by atoms with Gasteiger partial charge in [0, 0.05) is 56.1 Å². The maximum absolute atomic E-state index is 13.6. The summed E-state index contributed by atoms with van der Waals surface area (Å²) >= 11 is 6.37. The lowest BCUT2D eigenvalue weighted by Gasteiger charge is -2.44. The molecule has 0 bridgehead atoms. The number of fused-ring (bicyclic) bond motifs is 1. The molecule has 1 saturated heterocycles. The number of amides is 2. The highest BCUT2D eigenvalue weighted by Gasteiger charge is 2.46. The molecule has 2 aromatic carbocycles. The molecule has 0 saturated carbocycles. The highest BCUT2D eigenvalue weighted by Crippen LogP contribution is 2.37. The molecule has 7 nitrogen and oxygen atoms in total. The third-order valence-corrected chi connectivity index (χ3v) is 7.13. The lowest BCUT2D eigenvalue weighted by atomic mass is 9.74. The maximum atomic E-state index is 13.6. The first kappa shape index (κ1) is 24.3. The zero-order valence-corrected chi connectivity index (χ0v) is 20.5. The quantitative estimate of drug-likeness (QED) is 0.400. The van der Waals surface area contributed by atoms with E-state index < -0.39 is 11.5 Å². The summed E-state index contributed by atoms with van der Waals surface area (Å²) in [7, 11) is 3.45. The molecule has 2 atom stereocenters. The van der Waals surface area contributed by atoms with Crippen molar-refractivity contribution in [3.05, 3.63) is 71.9 Å². The largest absolute Gasteiger partial charge is 0.361 e. The van der Waals surface area contributed by atoms with Crippen LogP contribution in [0.2, 0.25) is 0 Å². The number of hydrogen-bond acceptors (Lipinski definition) is 4. The standard InChI is InChI=1S/C26H32ClN5O2/c1-30(2)32(27)25(34)26(16-19-9-4-3-5-10-19)13-8-14-31(18-26)24(33)22(28)15-20-17-29-23-12-7-6-11-21(20)23/h3-7,9-12,17,22,29H,8,13-16,18,28H2,1-2H3/t22-,26+/m1/s1. The summed E-state index contributed by atoms with van der Waals surface area (Å²) in [6, 6.07) is 17.2. The number of nitrogens with one attached hydrogen (secondary N) is 1. The Bertz CT molecular complexity index is 1150. The number of likely N-dealkylation sites (tertiary alicyclic amines) is 1. The Morgan fingerprint density at radius 2 is 1.85 bits per heavy atom. The van der Waals surface area contributed by atoms with Crippen LogP contribution in [-0.2, 0) is 22.4 Å². The second kappa shape index (κ2) is 10.2. The van der Waals surface area contributed by atoms with Gasteiger partial charge >= 0.3 is 0 Å². The second-order valence-electron chi connectivity index (χ2n) is 9.39. The number of carbonyl (C=O) groups is 2. The third-order valence-electron chi connectivity index (χ3n) is 6.68. The van der Waals surface area contributed by atoms with Crippen LogP contribution in [0.25, 0.3) is 10.9 Å². The number of carbonyl (C=O) groups excluding carboxylic acids is 2. The topological polar surface area (TPSA) is 85.7 Å². The number of para-hydroxylation sites is 1. The van der Waals surface area contributed by atoms with Crippen LogP contribution in [0.3, 0.4) is 0 Å². The van der Waals surface area contributed by atoms with E-state index in [2.05, 4.69) is 4.98 Å². The highest BCUT2D eigenvalue weighted by molar-refractivity contribution is 6.21. The van der Waals surface area contributed by atoms with Crippen LogP contribution in [0.4, 0.5) is 0 Å². The van der Waals surface area contributed by atoms with Gasteiger partial charge in [-0.25, -0.2) is 5.01 Å². The van der Waals surface area contributed by atoms with Gasteiger partial charge in [0.2, 0.25) is 5.91 Å². The van der Waals surface area contributed by atoms with Crippen molar-refractivity contribution in [3.8, 4) is 0 Å². The molecule has 1 fully saturated rings. The smallest absolute Gasteiger partial charge is 0.260 e. The molecule has 1 aromatic heterocycles. The number of rotatable bonds is 7. The van der Waals surface area contributed by atoms with Crippen LogP contribution >= 0.6 is 11.8 Å². The molecule has 8 heteroatoms. The van der Waals surface area contributed by atoms with Gasteiger partial charge in [-0.1, -0.05) is 48.5 Å². The molecule has 3 aromatic rings. The Labute approximate surface area is 205 Å². The van der Waals surface area contributed by atoms with E-state index in [0.717, 1.165) is 26.6 Å². The Balaban J connectivity index is 1.55. The normalized spacial score (nSPS) is 19.4. The average molecular weight is 482 g/mol. The van der Waals surface area contributed by atoms with E-state index in [1.807, 2.05) is 60.8 Å². The maximum Gasteiger partial charge on any atom is 0.260 e. The van der Waals surface area contributed by atoms with Crippen LogP contribution in [-0.4, -0.2) is 64.5 Å². The first-order valence-corrected chi connectivity index (χ1v) is 12.0. The molecule has 2 amide bonds. The zero-order chi connectivity index (χ0) is 24.3. The predicted molar refractivity (Wildman–Crippen MR) is 135 cm³/mol. The highest BCUT2D eigenvalue weighted by atomic mass is 35.5. The molecular formula is C26H32ClN5O2. The number of aromatic nitrogens is 1. The first-order valence-electron chi connectivity index (χ1n) is 11.6. The summed E-state index contributed by atoms with van der Waals surface area (Å²) in [4.78, 5) is 32.0. The van der Waals surface area contributed by atoms with Gasteiger partial charge in [0.05, 0.1) is 11.5 Å². The fraction of sp³-hybridized carbons (Fsp3) is 0.385. The zero-order valence-electron chi connectivity index (χ0n) is 19.7. The van der Waals surface area contributed by atoms with E-state index in [0.29, 0.717) is 32.2 Å². The number of halogens is 1. The lowest BCUT2D eigenvalue weighted by Crippen LogP contribution is -2.58. The summed E-state index contributed by atoms with van der Waals surface area (Å²) in [6.07, 6.45) is 4.21. The van der Waals surface area contributed by atoms with E-state index in [1.54, 1.807) is 24.0 Å². The summed E-state index contributed by atoms with van der Waals surface area (Å²) < 4.78 is 1.13. The third kappa shape index (κ3) is 4.97. The van der Waals surface area contributed by atoms with Gasteiger partial charge in [-0.05, 0) is 42.9 Å². The fourth-order valence-electron chi connectivity index (χ4n) is 4.94. The molecule has 180 valence electrons.